The third-order valence-electron chi connectivity index (χ3n) is 3.11. The Morgan fingerprint density at radius 3 is 2.52 bits per heavy atom. The normalized spacial score (nSPS) is 10.6. The lowest BCUT2D eigenvalue weighted by molar-refractivity contribution is 0.0409. The fraction of sp³-hybridized carbons (Fsp3) is 0.133. The summed E-state index contributed by atoms with van der Waals surface area (Å²) in [6, 6.07) is 14.4. The molecule has 1 heterocycles. The number of nitrogens with zero attached hydrogens (tertiary/aromatic N) is 4. The Morgan fingerprint density at radius 1 is 1.10 bits per heavy atom. The van der Waals surface area contributed by atoms with Gasteiger partial charge in [0.15, 0.2) is 0 Å². The van der Waals surface area contributed by atoms with Crippen molar-refractivity contribution in [3.63, 3.8) is 0 Å². The first-order chi connectivity index (χ1) is 10.1. The highest BCUT2D eigenvalue weighted by Crippen LogP contribution is 2.13. The maximum absolute atomic E-state index is 12.1. The van der Waals surface area contributed by atoms with Crippen LogP contribution in [0.2, 0.25) is 0 Å². The van der Waals surface area contributed by atoms with Crippen LogP contribution in [-0.4, -0.2) is 35.2 Å². The molecular formula is C15H14N4O2. The summed E-state index contributed by atoms with van der Waals surface area (Å²) in [5.41, 5.74) is 2.79. The van der Waals surface area contributed by atoms with Gasteiger partial charge in [-0.25, -0.2) is 4.79 Å². The first-order valence-corrected chi connectivity index (χ1v) is 6.45. The molecule has 0 saturated heterocycles. The molecule has 0 saturated carbocycles. The van der Waals surface area contributed by atoms with E-state index in [4.69, 9.17) is 4.84 Å². The van der Waals surface area contributed by atoms with Crippen molar-refractivity contribution < 1.29 is 9.63 Å². The number of hydrogen-bond acceptors (Lipinski definition) is 5. The summed E-state index contributed by atoms with van der Waals surface area (Å²) in [6.45, 7) is 0. The van der Waals surface area contributed by atoms with Crippen LogP contribution in [0.15, 0.2) is 48.5 Å². The fourth-order valence-electron chi connectivity index (χ4n) is 1.94. The van der Waals surface area contributed by atoms with E-state index in [1.807, 2.05) is 43.3 Å². The average molecular weight is 282 g/mol. The molecule has 6 nitrogen and oxygen atoms in total. The SMILES string of the molecule is CN(C)c1ccc(C(=O)On2nnc3ccccc32)cc1. The molecule has 21 heavy (non-hydrogen) atoms. The van der Waals surface area contributed by atoms with E-state index >= 15 is 0 Å². The minimum atomic E-state index is -0.476. The van der Waals surface area contributed by atoms with Crippen LogP contribution in [0, 0.1) is 0 Å². The largest absolute Gasteiger partial charge is 0.378 e. The van der Waals surface area contributed by atoms with Crippen molar-refractivity contribution in [1.29, 1.82) is 0 Å². The van der Waals surface area contributed by atoms with Crippen molar-refractivity contribution in [3.8, 4) is 0 Å². The highest BCUT2D eigenvalue weighted by Gasteiger charge is 2.12. The van der Waals surface area contributed by atoms with Crippen molar-refractivity contribution in [2.75, 3.05) is 19.0 Å². The van der Waals surface area contributed by atoms with Gasteiger partial charge >= 0.3 is 5.97 Å². The number of carbonyl (C=O) groups excluding carboxylic acids is 1. The lowest BCUT2D eigenvalue weighted by Crippen LogP contribution is -2.21. The second kappa shape index (κ2) is 5.24. The second-order valence-corrected chi connectivity index (χ2v) is 4.77. The quantitative estimate of drug-likeness (QED) is 0.685. The predicted octanol–water partition coefficient (Wildman–Crippen LogP) is 1.77. The van der Waals surface area contributed by atoms with Crippen LogP contribution in [0.4, 0.5) is 5.69 Å². The molecule has 0 unspecified atom stereocenters. The Balaban J connectivity index is 1.83. The van der Waals surface area contributed by atoms with Gasteiger partial charge in [-0.3, -0.25) is 0 Å². The smallest absolute Gasteiger partial charge is 0.365 e. The summed E-state index contributed by atoms with van der Waals surface area (Å²) in [6.07, 6.45) is 0. The van der Waals surface area contributed by atoms with Crippen molar-refractivity contribution in [2.45, 2.75) is 0 Å². The Kier molecular flexibility index (Phi) is 3.27. The van der Waals surface area contributed by atoms with Gasteiger partial charge in [0.25, 0.3) is 0 Å². The molecule has 0 aliphatic heterocycles. The standard InChI is InChI=1S/C15H14N4O2/c1-18(2)12-9-7-11(8-10-12)15(20)21-19-14-6-4-3-5-13(14)16-17-19/h3-10H,1-2H3. The van der Waals surface area contributed by atoms with Crippen LogP contribution in [0.1, 0.15) is 10.4 Å². The van der Waals surface area contributed by atoms with Gasteiger partial charge < -0.3 is 9.74 Å². The zero-order chi connectivity index (χ0) is 14.8. The van der Waals surface area contributed by atoms with Crippen molar-refractivity contribution in [3.05, 3.63) is 54.1 Å². The van der Waals surface area contributed by atoms with Gasteiger partial charge in [-0.15, -0.1) is 5.10 Å². The van der Waals surface area contributed by atoms with Gasteiger partial charge in [0.1, 0.15) is 11.0 Å². The number of para-hydroxylation sites is 1. The van der Waals surface area contributed by atoms with E-state index in [0.29, 0.717) is 16.6 Å². The summed E-state index contributed by atoms with van der Waals surface area (Å²) < 4.78 is 0. The number of hydrogen-bond donors (Lipinski definition) is 0. The predicted molar refractivity (Wildman–Crippen MR) is 79.2 cm³/mol. The summed E-state index contributed by atoms with van der Waals surface area (Å²) in [4.78, 5) is 20.5. The molecule has 0 N–H and O–H groups in total. The molecule has 0 aliphatic rings. The number of fused-ring (bicyclic) bond motifs is 1. The minimum Gasteiger partial charge on any atom is -0.378 e. The highest BCUT2D eigenvalue weighted by atomic mass is 16.7. The van der Waals surface area contributed by atoms with Crippen LogP contribution >= 0.6 is 0 Å². The number of anilines is 1. The molecule has 0 fully saturated rings. The fourth-order valence-corrected chi connectivity index (χ4v) is 1.94. The van der Waals surface area contributed by atoms with Crippen molar-refractivity contribution in [1.82, 2.24) is 15.2 Å². The Morgan fingerprint density at radius 2 is 1.81 bits per heavy atom. The molecule has 0 bridgehead atoms. The summed E-state index contributed by atoms with van der Waals surface area (Å²) in [5.74, 6) is -0.476. The Bertz CT molecular complexity index is 778. The Labute approximate surface area is 121 Å². The van der Waals surface area contributed by atoms with E-state index in [9.17, 15) is 4.79 Å². The van der Waals surface area contributed by atoms with E-state index in [2.05, 4.69) is 10.3 Å². The molecular weight excluding hydrogens is 268 g/mol. The van der Waals surface area contributed by atoms with Gasteiger partial charge in [-0.2, -0.15) is 0 Å². The number of aromatic nitrogens is 3. The maximum atomic E-state index is 12.1. The lowest BCUT2D eigenvalue weighted by atomic mass is 10.2. The minimum absolute atomic E-state index is 0.459. The van der Waals surface area contributed by atoms with Gasteiger partial charge in [0, 0.05) is 19.8 Å². The maximum Gasteiger partial charge on any atom is 0.365 e. The number of rotatable bonds is 3. The molecule has 1 aromatic heterocycles. The molecule has 0 radical (unpaired) electrons. The monoisotopic (exact) mass is 282 g/mol. The van der Waals surface area contributed by atoms with Crippen LogP contribution in [-0.2, 0) is 0 Å². The van der Waals surface area contributed by atoms with Gasteiger partial charge in [-0.05, 0) is 41.6 Å². The van der Waals surface area contributed by atoms with Gasteiger partial charge in [-0.1, -0.05) is 17.0 Å². The zero-order valence-corrected chi connectivity index (χ0v) is 11.7. The van der Waals surface area contributed by atoms with E-state index in [0.717, 1.165) is 10.5 Å². The lowest BCUT2D eigenvalue weighted by Gasteiger charge is -2.12. The third kappa shape index (κ3) is 2.55. The molecule has 0 amide bonds. The summed E-state index contributed by atoms with van der Waals surface area (Å²) in [5, 5.41) is 7.75. The van der Waals surface area contributed by atoms with Crippen LogP contribution in [0.25, 0.3) is 11.0 Å². The summed E-state index contributed by atoms with van der Waals surface area (Å²) >= 11 is 0. The van der Waals surface area contributed by atoms with Crippen LogP contribution in [0.5, 0.6) is 0 Å². The van der Waals surface area contributed by atoms with E-state index in [-0.39, 0.29) is 0 Å². The molecule has 0 atom stereocenters. The number of benzene rings is 2. The topological polar surface area (TPSA) is 60.2 Å². The van der Waals surface area contributed by atoms with Crippen molar-refractivity contribution >= 4 is 22.7 Å². The Hall–Kier alpha value is -2.89. The molecule has 106 valence electrons. The van der Waals surface area contributed by atoms with Gasteiger partial charge in [0.2, 0.25) is 0 Å². The van der Waals surface area contributed by atoms with E-state index < -0.39 is 5.97 Å². The first-order valence-electron chi connectivity index (χ1n) is 6.45. The third-order valence-corrected chi connectivity index (χ3v) is 3.11. The second-order valence-electron chi connectivity index (χ2n) is 4.77. The van der Waals surface area contributed by atoms with Crippen LogP contribution < -0.4 is 9.74 Å². The van der Waals surface area contributed by atoms with E-state index in [1.54, 1.807) is 24.3 Å². The first kappa shape index (κ1) is 13.1. The molecule has 3 rings (SSSR count). The van der Waals surface area contributed by atoms with Crippen molar-refractivity contribution in [2.24, 2.45) is 0 Å². The highest BCUT2D eigenvalue weighted by molar-refractivity contribution is 5.90. The van der Waals surface area contributed by atoms with E-state index in [1.165, 1.54) is 0 Å². The molecule has 6 heteroatoms. The van der Waals surface area contributed by atoms with Crippen LogP contribution in [0.3, 0.4) is 0 Å². The molecule has 3 aromatic rings. The zero-order valence-electron chi connectivity index (χ0n) is 11.7. The summed E-state index contributed by atoms with van der Waals surface area (Å²) in [7, 11) is 3.88. The molecule has 2 aromatic carbocycles. The number of carbonyl (C=O) groups is 1. The molecule has 0 aliphatic carbocycles. The van der Waals surface area contributed by atoms with Gasteiger partial charge in [0.05, 0.1) is 5.56 Å². The average Bonchev–Trinajstić information content (AvgIpc) is 2.91. The molecule has 0 spiro atoms.